The largest absolute Gasteiger partial charge is 0.436 e. The van der Waals surface area contributed by atoms with Gasteiger partial charge in [0.15, 0.2) is 11.2 Å². The Labute approximate surface area is 412 Å². The maximum atomic E-state index is 6.07. The molecule has 6 nitrogen and oxygen atoms in total. The molecule has 0 unspecified atom stereocenters. The van der Waals surface area contributed by atoms with Crippen molar-refractivity contribution in [1.29, 1.82) is 0 Å². The Hall–Kier alpha value is -9.26. The number of rotatable bonds is 9. The number of aromatic nitrogens is 2. The topological polar surface area (TPSA) is 58.5 Å². The number of anilines is 6. The summed E-state index contributed by atoms with van der Waals surface area (Å²) in [5, 5.41) is 0. The highest BCUT2D eigenvalue weighted by Gasteiger charge is 2.37. The van der Waals surface area contributed by atoms with Crippen LogP contribution >= 0.6 is 0 Å². The third kappa shape index (κ3) is 7.54. The maximum Gasteiger partial charge on any atom is 0.227 e. The predicted octanol–water partition coefficient (Wildman–Crippen LogP) is 17.9. The fourth-order valence-electron chi connectivity index (χ4n) is 10.2. The van der Waals surface area contributed by atoms with E-state index in [1.165, 1.54) is 28.1 Å². The molecule has 12 aromatic rings. The van der Waals surface area contributed by atoms with Crippen LogP contribution in [0.25, 0.3) is 78.5 Å². The van der Waals surface area contributed by atoms with Crippen molar-refractivity contribution in [3.8, 4) is 56.3 Å². The number of para-hydroxylation sites is 6. The van der Waals surface area contributed by atoms with E-state index in [9.17, 15) is 0 Å². The van der Waals surface area contributed by atoms with Crippen molar-refractivity contribution >= 4 is 56.3 Å². The van der Waals surface area contributed by atoms with E-state index in [4.69, 9.17) is 13.8 Å². The Kier molecular flexibility index (Phi) is 10.1. The zero-order valence-electron chi connectivity index (χ0n) is 39.2. The summed E-state index contributed by atoms with van der Waals surface area (Å²) in [5.41, 5.74) is 21.2. The van der Waals surface area contributed by atoms with Gasteiger partial charge in [0.25, 0.3) is 0 Å². The monoisotopic (exact) mass is 914 g/mol. The standard InChI is InChI=1S/C65H46N4O2/c1-65(2)55-14-6-9-17-59(55)69(60-41-34-50(42-56(60)65)47-22-26-49(27-23-47)64-67-58-16-8-11-19-62(58)71-64)54-39-32-46(33-40-54)45-30-37-53(38-31-45)68(51-12-4-3-5-13-51)52-35-28-44(29-36-52)43-20-24-48(25-21-43)63-66-57-15-7-10-18-61(57)70-63/h3-42H,1-2H3. The van der Waals surface area contributed by atoms with Gasteiger partial charge in [0.2, 0.25) is 11.8 Å². The number of hydrogen-bond donors (Lipinski definition) is 0. The predicted molar refractivity (Wildman–Crippen MR) is 290 cm³/mol. The van der Waals surface area contributed by atoms with Crippen molar-refractivity contribution in [3.63, 3.8) is 0 Å². The van der Waals surface area contributed by atoms with Crippen LogP contribution in [0.2, 0.25) is 0 Å². The summed E-state index contributed by atoms with van der Waals surface area (Å²) in [5.74, 6) is 1.26. The summed E-state index contributed by atoms with van der Waals surface area (Å²) >= 11 is 0. The minimum atomic E-state index is -0.226. The van der Waals surface area contributed by atoms with Crippen LogP contribution in [0.4, 0.5) is 34.1 Å². The molecule has 0 bridgehead atoms. The third-order valence-corrected chi connectivity index (χ3v) is 14.0. The normalized spacial score (nSPS) is 12.7. The summed E-state index contributed by atoms with van der Waals surface area (Å²) in [4.78, 5) is 14.1. The highest BCUT2D eigenvalue weighted by Crippen LogP contribution is 2.53. The Morgan fingerprint density at radius 1 is 0.352 bits per heavy atom. The van der Waals surface area contributed by atoms with Gasteiger partial charge in [-0.05, 0) is 160 Å². The molecule has 71 heavy (non-hydrogen) atoms. The zero-order valence-corrected chi connectivity index (χ0v) is 39.2. The van der Waals surface area contributed by atoms with Crippen LogP contribution in [0.15, 0.2) is 251 Å². The summed E-state index contributed by atoms with van der Waals surface area (Å²) < 4.78 is 12.1. The molecule has 0 N–H and O–H groups in total. The minimum absolute atomic E-state index is 0.226. The first-order valence-corrected chi connectivity index (χ1v) is 24.0. The number of benzene rings is 10. The molecule has 0 atom stereocenters. The summed E-state index contributed by atoms with van der Waals surface area (Å²) in [6.07, 6.45) is 0. The molecule has 6 heteroatoms. The molecule has 10 aromatic carbocycles. The maximum absolute atomic E-state index is 6.07. The van der Waals surface area contributed by atoms with Gasteiger partial charge >= 0.3 is 0 Å². The van der Waals surface area contributed by atoms with Crippen molar-refractivity contribution in [3.05, 3.63) is 254 Å². The molecule has 0 saturated heterocycles. The van der Waals surface area contributed by atoms with Crippen molar-refractivity contribution in [1.82, 2.24) is 9.97 Å². The lowest BCUT2D eigenvalue weighted by molar-refractivity contribution is 0.619. The van der Waals surface area contributed by atoms with Gasteiger partial charge in [0.1, 0.15) is 11.0 Å². The van der Waals surface area contributed by atoms with Gasteiger partial charge < -0.3 is 18.6 Å². The molecular formula is C65H46N4O2. The van der Waals surface area contributed by atoms with E-state index in [-0.39, 0.29) is 5.41 Å². The van der Waals surface area contributed by atoms with E-state index in [0.29, 0.717) is 11.8 Å². The summed E-state index contributed by atoms with van der Waals surface area (Å²) in [6.45, 7) is 4.68. The lowest BCUT2D eigenvalue weighted by Gasteiger charge is -2.42. The second-order valence-corrected chi connectivity index (χ2v) is 18.6. The second-order valence-electron chi connectivity index (χ2n) is 18.6. The van der Waals surface area contributed by atoms with Gasteiger partial charge in [-0.3, -0.25) is 0 Å². The molecule has 0 aliphatic carbocycles. The summed E-state index contributed by atoms with van der Waals surface area (Å²) in [6, 6.07) is 85.6. The van der Waals surface area contributed by atoms with Crippen molar-refractivity contribution in [2.45, 2.75) is 19.3 Å². The van der Waals surface area contributed by atoms with E-state index < -0.39 is 0 Å². The van der Waals surface area contributed by atoms with Gasteiger partial charge in [-0.25, -0.2) is 9.97 Å². The molecule has 1 aliphatic rings. The highest BCUT2D eigenvalue weighted by molar-refractivity contribution is 5.89. The van der Waals surface area contributed by atoms with E-state index in [0.717, 1.165) is 83.9 Å². The minimum Gasteiger partial charge on any atom is -0.436 e. The molecule has 0 spiro atoms. The van der Waals surface area contributed by atoms with Crippen molar-refractivity contribution < 1.29 is 8.83 Å². The third-order valence-electron chi connectivity index (χ3n) is 14.0. The molecule has 13 rings (SSSR count). The molecule has 0 fully saturated rings. The lowest BCUT2D eigenvalue weighted by atomic mass is 9.73. The van der Waals surface area contributed by atoms with E-state index in [1.54, 1.807) is 0 Å². The molecule has 1 aliphatic heterocycles. The number of oxazole rings is 2. The molecule has 0 amide bonds. The van der Waals surface area contributed by atoms with Crippen LogP contribution in [-0.4, -0.2) is 9.97 Å². The van der Waals surface area contributed by atoms with Crippen molar-refractivity contribution in [2.75, 3.05) is 9.80 Å². The van der Waals surface area contributed by atoms with Crippen LogP contribution in [0, 0.1) is 0 Å². The van der Waals surface area contributed by atoms with Crippen LogP contribution in [0.5, 0.6) is 0 Å². The van der Waals surface area contributed by atoms with Gasteiger partial charge in [-0.2, -0.15) is 0 Å². The number of nitrogens with zero attached hydrogens (tertiary/aromatic N) is 4. The average molecular weight is 915 g/mol. The first-order valence-electron chi connectivity index (χ1n) is 24.0. The van der Waals surface area contributed by atoms with Crippen LogP contribution in [0.3, 0.4) is 0 Å². The van der Waals surface area contributed by atoms with Gasteiger partial charge in [0.05, 0.1) is 11.4 Å². The summed E-state index contributed by atoms with van der Waals surface area (Å²) in [7, 11) is 0. The van der Waals surface area contributed by atoms with Crippen LogP contribution in [0.1, 0.15) is 25.0 Å². The lowest BCUT2D eigenvalue weighted by Crippen LogP contribution is -2.30. The van der Waals surface area contributed by atoms with Crippen LogP contribution < -0.4 is 9.80 Å². The van der Waals surface area contributed by atoms with Crippen LogP contribution in [-0.2, 0) is 5.41 Å². The average Bonchev–Trinajstić information content (AvgIpc) is 4.08. The van der Waals surface area contributed by atoms with Crippen molar-refractivity contribution in [2.24, 2.45) is 0 Å². The fourth-order valence-corrected chi connectivity index (χ4v) is 10.2. The smallest absolute Gasteiger partial charge is 0.227 e. The molecule has 2 aromatic heterocycles. The molecular weight excluding hydrogens is 869 g/mol. The van der Waals surface area contributed by atoms with Gasteiger partial charge in [-0.1, -0.05) is 141 Å². The molecule has 0 radical (unpaired) electrons. The first-order chi connectivity index (χ1) is 34.9. The Morgan fingerprint density at radius 2 is 0.746 bits per heavy atom. The number of fused-ring (bicyclic) bond motifs is 4. The molecule has 0 saturated carbocycles. The van der Waals surface area contributed by atoms with Gasteiger partial charge in [-0.15, -0.1) is 0 Å². The fraction of sp³-hybridized carbons (Fsp3) is 0.0462. The highest BCUT2D eigenvalue weighted by atomic mass is 16.4. The molecule has 3 heterocycles. The quantitative estimate of drug-likeness (QED) is 0.144. The SMILES string of the molecule is CC1(C)c2ccccc2N(c2ccc(-c3ccc(N(c4ccccc4)c4ccc(-c5ccc(-c6nc7ccccc7o6)cc5)cc4)cc3)cc2)c2ccc(-c3ccc(-c4nc5ccccc5o4)cc3)cc21. The zero-order chi connectivity index (χ0) is 47.5. The van der Waals surface area contributed by atoms with E-state index >= 15 is 0 Å². The first kappa shape index (κ1) is 41.9. The van der Waals surface area contributed by atoms with E-state index in [1.807, 2.05) is 48.5 Å². The Balaban J connectivity index is 0.766. The Morgan fingerprint density at radius 3 is 1.28 bits per heavy atom. The van der Waals surface area contributed by atoms with E-state index in [2.05, 4.69) is 223 Å². The van der Waals surface area contributed by atoms with Gasteiger partial charge in [0, 0.05) is 39.3 Å². The second kappa shape index (κ2) is 17.1. The number of hydrogen-bond acceptors (Lipinski definition) is 6. The molecule has 338 valence electrons. The Bertz CT molecular complexity index is 3810.